The minimum Gasteiger partial charge on any atom is -0.399 e. The molecule has 1 aliphatic heterocycles. The normalized spacial score (nSPS) is 51.7. The monoisotopic (exact) mass is 206 g/mol. The van der Waals surface area contributed by atoms with E-state index in [-0.39, 0.29) is 4.90 Å². The minimum atomic E-state index is -3.91. The van der Waals surface area contributed by atoms with Gasteiger partial charge < -0.3 is 10.6 Å². The lowest BCUT2D eigenvalue weighted by atomic mass is 9.99. The molecule has 3 nitrogen and oxygen atoms in total. The predicted octanol–water partition coefficient (Wildman–Crippen LogP) is 1.90. The van der Waals surface area contributed by atoms with Crippen molar-refractivity contribution in [1.29, 1.82) is 0 Å². The van der Waals surface area contributed by atoms with E-state index >= 15 is 0 Å². The summed E-state index contributed by atoms with van der Waals surface area (Å²) in [6.07, 6.45) is -8.66. The Labute approximate surface area is 106 Å². The van der Waals surface area contributed by atoms with Crippen LogP contribution in [-0.2, 0) is 0 Å². The average Bonchev–Trinajstić information content (AvgIpc) is 2.53. The van der Waals surface area contributed by atoms with Crippen molar-refractivity contribution in [3.8, 4) is 0 Å². The molecule has 1 fully saturated rings. The van der Waals surface area contributed by atoms with Gasteiger partial charge in [-0.15, -0.1) is 0 Å². The van der Waals surface area contributed by atoms with Crippen LogP contribution in [-0.4, -0.2) is 18.0 Å². The first-order valence-corrected chi connectivity index (χ1v) is 3.66. The number of hydrogen-bond acceptors (Lipinski definition) is 3. The van der Waals surface area contributed by atoms with Crippen LogP contribution in [0.5, 0.6) is 0 Å². The summed E-state index contributed by atoms with van der Waals surface area (Å²) in [7, 11) is 0. The SMILES string of the molecule is [2H]c1nc(N2C([2H])([2H])C([2H])([2H])C([2H])(C([2H])([2H])[2H])C([2H])([2H])C2([2H])[2H])c([2H])c(N)c1[2H]. The number of nitrogens with two attached hydrogens (primary N) is 1. The molecule has 76 valence electrons. The zero-order valence-electron chi connectivity index (χ0n) is 22.0. The Bertz CT molecular complexity index is 817. The highest BCUT2D eigenvalue weighted by Gasteiger charge is 2.16. The summed E-state index contributed by atoms with van der Waals surface area (Å²) in [4.78, 5) is 3.17. The van der Waals surface area contributed by atoms with Crippen LogP contribution >= 0.6 is 0 Å². The molecular formula is C11H17N3. The molecule has 14 heavy (non-hydrogen) atoms. The van der Waals surface area contributed by atoms with Crippen LogP contribution in [0.15, 0.2) is 18.3 Å². The third-order valence-electron chi connectivity index (χ3n) is 1.40. The van der Waals surface area contributed by atoms with Crippen molar-refractivity contribution >= 4 is 11.5 Å². The van der Waals surface area contributed by atoms with Crippen LogP contribution in [0.25, 0.3) is 0 Å². The van der Waals surface area contributed by atoms with Crippen LogP contribution in [0.4, 0.5) is 11.5 Å². The van der Waals surface area contributed by atoms with Gasteiger partial charge >= 0.3 is 0 Å². The molecule has 1 saturated heterocycles. The molecule has 0 radical (unpaired) electrons. The summed E-state index contributed by atoms with van der Waals surface area (Å²) < 4.78 is 119. The third kappa shape index (κ3) is 1.97. The van der Waals surface area contributed by atoms with E-state index in [9.17, 15) is 0 Å². The molecule has 2 heterocycles. The van der Waals surface area contributed by atoms with Crippen LogP contribution in [0, 0.1) is 5.89 Å². The lowest BCUT2D eigenvalue weighted by Crippen LogP contribution is -2.33. The van der Waals surface area contributed by atoms with E-state index in [0.29, 0.717) is 0 Å². The van der Waals surface area contributed by atoms with Crippen molar-refractivity contribution < 1.29 is 20.6 Å². The van der Waals surface area contributed by atoms with Gasteiger partial charge in [-0.05, 0) is 24.7 Å². The smallest absolute Gasteiger partial charge is 0.130 e. The fraction of sp³-hybridized carbons (Fsp3) is 0.545. The summed E-state index contributed by atoms with van der Waals surface area (Å²) in [5, 5.41) is 0. The van der Waals surface area contributed by atoms with Gasteiger partial charge in [-0.3, -0.25) is 0 Å². The predicted molar refractivity (Wildman–Crippen MR) is 59.3 cm³/mol. The van der Waals surface area contributed by atoms with Crippen molar-refractivity contribution in [3.63, 3.8) is 0 Å². The Morgan fingerprint density at radius 1 is 1.79 bits per heavy atom. The van der Waals surface area contributed by atoms with Crippen LogP contribution < -0.4 is 10.6 Å². The van der Waals surface area contributed by atoms with E-state index < -0.39 is 68.2 Å². The molecule has 0 aliphatic carbocycles. The lowest BCUT2D eigenvalue weighted by molar-refractivity contribution is 0.436. The van der Waals surface area contributed by atoms with E-state index in [1.54, 1.807) is 0 Å². The number of rotatable bonds is 1. The number of hydrogen-bond donors (Lipinski definition) is 1. The summed E-state index contributed by atoms with van der Waals surface area (Å²) in [6.45, 7) is -11.3. The standard InChI is InChI=1S/C11H17N3/c1-9-3-6-14(7-4-9)11-8-10(12)2-5-13-11/h2,5,8-9H,3-4,6-7H2,1H3,(H2,12,13)/i1D3,2D,3D2,4D2,5D,6D2,7D2,8D,9D. The quantitative estimate of drug-likeness (QED) is 0.763. The fourth-order valence-corrected chi connectivity index (χ4v) is 0.815. The minimum absolute atomic E-state index is 0.241. The second kappa shape index (κ2) is 3.86. The van der Waals surface area contributed by atoms with E-state index in [0.717, 1.165) is 0 Å². The number of pyridine rings is 1. The molecule has 0 saturated carbocycles. The molecule has 3 heteroatoms. The number of nitrogen functional groups attached to an aromatic ring is 1. The highest BCUT2D eigenvalue weighted by Crippen LogP contribution is 2.21. The molecular weight excluding hydrogens is 174 g/mol. The van der Waals surface area contributed by atoms with Gasteiger partial charge in [0.2, 0.25) is 0 Å². The number of anilines is 2. The molecule has 2 N–H and O–H groups in total. The van der Waals surface area contributed by atoms with Gasteiger partial charge in [-0.1, -0.05) is 6.85 Å². The first-order chi connectivity index (χ1) is 12.6. The topological polar surface area (TPSA) is 42.2 Å². The fourth-order valence-electron chi connectivity index (χ4n) is 0.815. The summed E-state index contributed by atoms with van der Waals surface area (Å²) in [5.74, 6) is -5.01. The van der Waals surface area contributed by atoms with Gasteiger partial charge in [-0.2, -0.15) is 0 Å². The maximum absolute atomic E-state index is 8.15. The maximum atomic E-state index is 8.15. The first-order valence-electron chi connectivity index (χ1n) is 11.2. The van der Waals surface area contributed by atoms with Crippen LogP contribution in [0.2, 0.25) is 0 Å². The van der Waals surface area contributed by atoms with Crippen molar-refractivity contribution in [2.75, 3.05) is 23.6 Å². The highest BCUT2D eigenvalue weighted by atomic mass is 15.2. The molecule has 0 aromatic carbocycles. The van der Waals surface area contributed by atoms with Gasteiger partial charge in [0.05, 0.1) is 4.11 Å². The van der Waals surface area contributed by atoms with Crippen molar-refractivity contribution in [1.82, 2.24) is 4.98 Å². The number of piperidine rings is 1. The molecule has 2 rings (SSSR count). The van der Waals surface area contributed by atoms with E-state index in [4.69, 9.17) is 26.3 Å². The number of aromatic nitrogens is 1. The zero-order chi connectivity index (χ0) is 23.2. The Morgan fingerprint density at radius 2 is 2.57 bits per heavy atom. The highest BCUT2D eigenvalue weighted by molar-refractivity contribution is 5.50. The van der Waals surface area contributed by atoms with E-state index in [1.165, 1.54) is 0 Å². The van der Waals surface area contributed by atoms with Gasteiger partial charge in [0.1, 0.15) is 5.82 Å². The van der Waals surface area contributed by atoms with Crippen LogP contribution in [0.1, 0.15) is 40.2 Å². The van der Waals surface area contributed by atoms with E-state index in [2.05, 4.69) is 4.98 Å². The summed E-state index contributed by atoms with van der Waals surface area (Å²) >= 11 is 0. The first kappa shape index (κ1) is 2.13. The van der Waals surface area contributed by atoms with Crippen molar-refractivity contribution in [3.05, 3.63) is 18.3 Å². The van der Waals surface area contributed by atoms with Crippen molar-refractivity contribution in [2.45, 2.75) is 19.6 Å². The molecule has 1 aliphatic rings. The second-order valence-corrected chi connectivity index (χ2v) is 2.39. The van der Waals surface area contributed by atoms with E-state index in [1.807, 2.05) is 0 Å². The van der Waals surface area contributed by atoms with Gasteiger partial charge in [0, 0.05) is 47.3 Å². The Balaban J connectivity index is 3.00. The van der Waals surface area contributed by atoms with Crippen LogP contribution in [0.3, 0.4) is 0 Å². The molecule has 0 bridgehead atoms. The Morgan fingerprint density at radius 3 is 3.29 bits per heavy atom. The summed E-state index contributed by atoms with van der Waals surface area (Å²) in [5.41, 5.74) is 4.79. The maximum Gasteiger partial charge on any atom is 0.130 e. The zero-order valence-corrected chi connectivity index (χ0v) is 6.97. The van der Waals surface area contributed by atoms with Gasteiger partial charge in [0.15, 0.2) is 0 Å². The third-order valence-corrected chi connectivity index (χ3v) is 1.40. The van der Waals surface area contributed by atoms with Gasteiger partial charge in [-0.25, -0.2) is 4.98 Å². The van der Waals surface area contributed by atoms with Gasteiger partial charge in [0.25, 0.3) is 0 Å². The second-order valence-electron chi connectivity index (χ2n) is 2.39. The molecule has 0 spiro atoms. The molecule has 1 aromatic heterocycles. The summed E-state index contributed by atoms with van der Waals surface area (Å²) in [6, 6.07) is -1.71. The number of nitrogens with zero attached hydrogens (tertiary/aromatic N) is 2. The Kier molecular flexibility index (Phi) is 0.588. The molecule has 0 unspecified atom stereocenters. The molecule has 1 aromatic rings. The lowest BCUT2D eigenvalue weighted by Gasteiger charge is -2.31. The average molecular weight is 206 g/mol. The largest absolute Gasteiger partial charge is 0.399 e. The molecule has 0 amide bonds. The Hall–Kier alpha value is -1.25. The molecule has 0 atom stereocenters. The van der Waals surface area contributed by atoms with Crippen molar-refractivity contribution in [2.24, 2.45) is 5.89 Å².